The number of carbonyl (C=O) groups is 2. The number of nitrogens with two attached hydrogens (primary N) is 1. The summed E-state index contributed by atoms with van der Waals surface area (Å²) in [5.74, 6) is 1.54. The van der Waals surface area contributed by atoms with Crippen LogP contribution in [-0.4, -0.2) is 38.9 Å². The van der Waals surface area contributed by atoms with Crippen LogP contribution >= 0.6 is 11.8 Å². The first-order chi connectivity index (χ1) is 13.5. The van der Waals surface area contributed by atoms with Gasteiger partial charge in [-0.05, 0) is 25.8 Å². The number of para-hydroxylation sites is 1. The number of hydrogen-bond donors (Lipinski definition) is 2. The highest BCUT2D eigenvalue weighted by Gasteiger charge is 2.31. The second-order valence-electron chi connectivity index (χ2n) is 6.77. The molecule has 3 rings (SSSR count). The number of methoxy groups -OCH3 is 1. The lowest BCUT2D eigenvalue weighted by Crippen LogP contribution is -2.30. The lowest BCUT2D eigenvalue weighted by molar-refractivity contribution is -0.120. The molecule has 150 valence electrons. The largest absolute Gasteiger partial charge is 0.496 e. The van der Waals surface area contributed by atoms with E-state index in [0.29, 0.717) is 24.2 Å². The Morgan fingerprint density at radius 3 is 2.79 bits per heavy atom. The molecule has 2 amide bonds. The summed E-state index contributed by atoms with van der Waals surface area (Å²) in [6, 6.07) is 7.57. The number of amides is 2. The van der Waals surface area contributed by atoms with Crippen molar-refractivity contribution < 1.29 is 14.3 Å². The number of rotatable bonds is 10. The van der Waals surface area contributed by atoms with Crippen LogP contribution in [0.1, 0.15) is 43.5 Å². The van der Waals surface area contributed by atoms with Crippen LogP contribution in [0.2, 0.25) is 0 Å². The van der Waals surface area contributed by atoms with Gasteiger partial charge in [-0.15, -0.1) is 10.2 Å². The minimum Gasteiger partial charge on any atom is -0.496 e. The first-order valence-electron chi connectivity index (χ1n) is 9.27. The Morgan fingerprint density at radius 1 is 1.36 bits per heavy atom. The van der Waals surface area contributed by atoms with Crippen LogP contribution in [-0.2, 0) is 22.7 Å². The quantitative estimate of drug-likeness (QED) is 0.586. The van der Waals surface area contributed by atoms with E-state index in [9.17, 15) is 9.59 Å². The van der Waals surface area contributed by atoms with Crippen LogP contribution in [0.4, 0.5) is 0 Å². The standard InChI is InChI=1S/C19H25N5O3S/c1-12(18(26)21-11-14-5-3-4-6-15(14)27-2)28-19-23-22-17(13-7-8-13)24(19)10-9-16(20)25/h3-6,12-13H,7-11H2,1-2H3,(H2,20,25)(H,21,26). The van der Waals surface area contributed by atoms with E-state index in [4.69, 9.17) is 10.5 Å². The summed E-state index contributed by atoms with van der Waals surface area (Å²) in [4.78, 5) is 23.7. The molecule has 1 aromatic carbocycles. The van der Waals surface area contributed by atoms with Gasteiger partial charge in [0.25, 0.3) is 0 Å². The van der Waals surface area contributed by atoms with Crippen LogP contribution in [0, 0.1) is 0 Å². The van der Waals surface area contributed by atoms with Crippen molar-refractivity contribution in [3.05, 3.63) is 35.7 Å². The topological polar surface area (TPSA) is 112 Å². The number of ether oxygens (including phenoxy) is 1. The van der Waals surface area contributed by atoms with Crippen molar-refractivity contribution in [3.63, 3.8) is 0 Å². The molecule has 1 atom stereocenters. The summed E-state index contributed by atoms with van der Waals surface area (Å²) in [5, 5.41) is 11.7. The normalized spacial score (nSPS) is 14.5. The molecule has 0 aliphatic heterocycles. The highest BCUT2D eigenvalue weighted by Crippen LogP contribution is 2.40. The first kappa shape index (κ1) is 20.2. The van der Waals surface area contributed by atoms with E-state index in [1.807, 2.05) is 35.8 Å². The monoisotopic (exact) mass is 403 g/mol. The van der Waals surface area contributed by atoms with Crippen LogP contribution in [0.15, 0.2) is 29.4 Å². The van der Waals surface area contributed by atoms with Gasteiger partial charge in [0.2, 0.25) is 11.8 Å². The summed E-state index contributed by atoms with van der Waals surface area (Å²) < 4.78 is 7.24. The molecule has 9 heteroatoms. The molecule has 28 heavy (non-hydrogen) atoms. The number of benzene rings is 1. The summed E-state index contributed by atoms with van der Waals surface area (Å²) in [5.41, 5.74) is 6.21. The van der Waals surface area contributed by atoms with Crippen molar-refractivity contribution in [1.29, 1.82) is 0 Å². The Kier molecular flexibility index (Phi) is 6.56. The highest BCUT2D eigenvalue weighted by molar-refractivity contribution is 8.00. The number of hydrogen-bond acceptors (Lipinski definition) is 6. The van der Waals surface area contributed by atoms with Gasteiger partial charge in [-0.1, -0.05) is 30.0 Å². The average Bonchev–Trinajstić information content (AvgIpc) is 3.46. The van der Waals surface area contributed by atoms with Gasteiger partial charge in [-0.25, -0.2) is 0 Å². The Morgan fingerprint density at radius 2 is 2.11 bits per heavy atom. The molecule has 2 aromatic rings. The first-order valence-corrected chi connectivity index (χ1v) is 10.1. The number of thioether (sulfide) groups is 1. The van der Waals surface area contributed by atoms with Gasteiger partial charge in [-0.3, -0.25) is 9.59 Å². The van der Waals surface area contributed by atoms with E-state index < -0.39 is 0 Å². The number of carbonyl (C=O) groups excluding carboxylic acids is 2. The molecule has 0 saturated heterocycles. The second-order valence-corrected chi connectivity index (χ2v) is 8.08. The van der Waals surface area contributed by atoms with Crippen molar-refractivity contribution in [3.8, 4) is 5.75 Å². The third kappa shape index (κ3) is 5.03. The van der Waals surface area contributed by atoms with Gasteiger partial charge < -0.3 is 20.4 Å². The zero-order valence-corrected chi connectivity index (χ0v) is 16.9. The smallest absolute Gasteiger partial charge is 0.233 e. The number of nitrogens with zero attached hydrogens (tertiary/aromatic N) is 3. The second kappa shape index (κ2) is 9.09. The summed E-state index contributed by atoms with van der Waals surface area (Å²) in [6.07, 6.45) is 2.38. The molecule has 1 aliphatic carbocycles. The number of nitrogens with one attached hydrogen (secondary N) is 1. The molecule has 3 N–H and O–H groups in total. The Balaban J connectivity index is 1.62. The predicted octanol–water partition coefficient (Wildman–Crippen LogP) is 1.84. The van der Waals surface area contributed by atoms with Crippen molar-refractivity contribution in [2.45, 2.75) is 55.6 Å². The zero-order valence-electron chi connectivity index (χ0n) is 16.1. The van der Waals surface area contributed by atoms with E-state index in [1.165, 1.54) is 11.8 Å². The van der Waals surface area contributed by atoms with Crippen molar-refractivity contribution in [1.82, 2.24) is 20.1 Å². The predicted molar refractivity (Wildman–Crippen MR) is 106 cm³/mol. The minimum atomic E-state index is -0.367. The molecule has 1 heterocycles. The SMILES string of the molecule is COc1ccccc1CNC(=O)C(C)Sc1nnc(C2CC2)n1CCC(N)=O. The summed E-state index contributed by atoms with van der Waals surface area (Å²) in [6.45, 7) is 2.65. The average molecular weight is 404 g/mol. The lowest BCUT2D eigenvalue weighted by Gasteiger charge is -2.14. The van der Waals surface area contributed by atoms with E-state index in [1.54, 1.807) is 7.11 Å². The van der Waals surface area contributed by atoms with Gasteiger partial charge in [0.15, 0.2) is 5.16 Å². The number of primary amides is 1. The molecule has 8 nitrogen and oxygen atoms in total. The van der Waals surface area contributed by atoms with Gasteiger partial charge in [0.1, 0.15) is 11.6 Å². The molecule has 1 saturated carbocycles. The Bertz CT molecular complexity index is 850. The molecule has 1 aliphatic rings. The maximum absolute atomic E-state index is 12.5. The van der Waals surface area contributed by atoms with Crippen LogP contribution in [0.25, 0.3) is 0 Å². The van der Waals surface area contributed by atoms with E-state index in [-0.39, 0.29) is 23.5 Å². The zero-order chi connectivity index (χ0) is 20.1. The van der Waals surface area contributed by atoms with Crippen molar-refractivity contribution in [2.24, 2.45) is 5.73 Å². The molecular weight excluding hydrogens is 378 g/mol. The Labute approximate surface area is 168 Å². The fraction of sp³-hybridized carbons (Fsp3) is 0.474. The van der Waals surface area contributed by atoms with Gasteiger partial charge >= 0.3 is 0 Å². The minimum absolute atomic E-state index is 0.103. The molecule has 0 bridgehead atoms. The summed E-state index contributed by atoms with van der Waals surface area (Å²) >= 11 is 1.34. The third-order valence-corrected chi connectivity index (χ3v) is 5.65. The maximum Gasteiger partial charge on any atom is 0.233 e. The molecule has 1 unspecified atom stereocenters. The van der Waals surface area contributed by atoms with Crippen molar-refractivity contribution >= 4 is 23.6 Å². The maximum atomic E-state index is 12.5. The number of aromatic nitrogens is 3. The molecule has 0 radical (unpaired) electrons. The fourth-order valence-corrected chi connectivity index (χ4v) is 3.76. The highest BCUT2D eigenvalue weighted by atomic mass is 32.2. The van der Waals surface area contributed by atoms with E-state index in [0.717, 1.165) is 30.0 Å². The van der Waals surface area contributed by atoms with Gasteiger partial charge in [0.05, 0.1) is 12.4 Å². The summed E-state index contributed by atoms with van der Waals surface area (Å²) in [7, 11) is 1.61. The van der Waals surface area contributed by atoms with E-state index >= 15 is 0 Å². The molecular formula is C19H25N5O3S. The van der Waals surface area contributed by atoms with E-state index in [2.05, 4.69) is 15.5 Å². The Hall–Kier alpha value is -2.55. The van der Waals surface area contributed by atoms with Crippen LogP contribution in [0.5, 0.6) is 5.75 Å². The van der Waals surface area contributed by atoms with Gasteiger partial charge in [0, 0.05) is 31.0 Å². The van der Waals surface area contributed by atoms with Gasteiger partial charge in [-0.2, -0.15) is 0 Å². The molecule has 1 aromatic heterocycles. The fourth-order valence-electron chi connectivity index (χ4n) is 2.85. The van der Waals surface area contributed by atoms with Crippen LogP contribution < -0.4 is 15.8 Å². The molecule has 1 fully saturated rings. The molecule has 0 spiro atoms. The lowest BCUT2D eigenvalue weighted by atomic mass is 10.2. The third-order valence-electron chi connectivity index (χ3n) is 4.57. The van der Waals surface area contributed by atoms with Crippen molar-refractivity contribution in [2.75, 3.05) is 7.11 Å². The van der Waals surface area contributed by atoms with Crippen LogP contribution in [0.3, 0.4) is 0 Å².